The van der Waals surface area contributed by atoms with Crippen LogP contribution in [0.15, 0.2) is 66.3 Å². The van der Waals surface area contributed by atoms with E-state index in [-0.39, 0.29) is 17.4 Å². The maximum absolute atomic E-state index is 13.0. The summed E-state index contributed by atoms with van der Waals surface area (Å²) in [6, 6.07) is 12.7. The van der Waals surface area contributed by atoms with Crippen LogP contribution in [0.25, 0.3) is 0 Å². The number of allylic oxidation sites excluding steroid dienone is 1. The number of halogens is 2. The number of aromatic nitrogens is 3. The molecule has 3 rings (SSSR count). The lowest BCUT2D eigenvalue weighted by Gasteiger charge is -2.16. The Kier molecular flexibility index (Phi) is 7.06. The molecule has 1 atom stereocenters. The third kappa shape index (κ3) is 5.25. The Bertz CT molecular complexity index is 1010. The monoisotopic (exact) mass is 431 g/mol. The van der Waals surface area contributed by atoms with E-state index < -0.39 is 6.10 Å². The van der Waals surface area contributed by atoms with E-state index in [0.717, 1.165) is 0 Å². The average Bonchev–Trinajstić information content (AvgIpc) is 3.11. The number of nitrogens with zero attached hydrogens (tertiary/aromatic N) is 3. The van der Waals surface area contributed by atoms with Crippen LogP contribution >= 0.6 is 23.4 Å². The van der Waals surface area contributed by atoms with Crippen molar-refractivity contribution < 1.29 is 13.9 Å². The highest BCUT2D eigenvalue weighted by atomic mass is 35.5. The molecule has 0 saturated heterocycles. The SMILES string of the molecule is C=CCn1c(SCC(=O)c2ccc(F)cc2)nnc1C(C)Oc1ccccc1Cl. The highest BCUT2D eigenvalue weighted by Gasteiger charge is 2.20. The van der Waals surface area contributed by atoms with Crippen molar-refractivity contribution in [3.8, 4) is 5.75 Å². The molecule has 1 aromatic heterocycles. The van der Waals surface area contributed by atoms with Gasteiger partial charge in [0, 0.05) is 12.1 Å². The molecule has 1 heterocycles. The molecule has 0 aliphatic carbocycles. The van der Waals surface area contributed by atoms with Crippen molar-refractivity contribution in [2.24, 2.45) is 0 Å². The fourth-order valence-electron chi connectivity index (χ4n) is 2.64. The number of hydrogen-bond acceptors (Lipinski definition) is 5. The predicted molar refractivity (Wildman–Crippen MR) is 112 cm³/mol. The molecule has 2 aromatic carbocycles. The topological polar surface area (TPSA) is 57.0 Å². The highest BCUT2D eigenvalue weighted by molar-refractivity contribution is 7.99. The van der Waals surface area contributed by atoms with Gasteiger partial charge in [0.1, 0.15) is 11.6 Å². The van der Waals surface area contributed by atoms with Gasteiger partial charge in [-0.1, -0.05) is 41.6 Å². The number of carbonyl (C=O) groups is 1. The fourth-order valence-corrected chi connectivity index (χ4v) is 3.67. The van der Waals surface area contributed by atoms with Crippen LogP contribution in [0, 0.1) is 5.82 Å². The van der Waals surface area contributed by atoms with Crippen molar-refractivity contribution in [1.29, 1.82) is 0 Å². The van der Waals surface area contributed by atoms with Crippen LogP contribution in [-0.2, 0) is 6.54 Å². The summed E-state index contributed by atoms with van der Waals surface area (Å²) >= 11 is 7.42. The first-order chi connectivity index (χ1) is 14.0. The molecule has 0 radical (unpaired) electrons. The largest absolute Gasteiger partial charge is 0.481 e. The van der Waals surface area contributed by atoms with Crippen molar-refractivity contribution in [2.75, 3.05) is 5.75 Å². The minimum absolute atomic E-state index is 0.120. The Hall–Kier alpha value is -2.64. The zero-order valence-electron chi connectivity index (χ0n) is 15.7. The minimum Gasteiger partial charge on any atom is -0.481 e. The molecule has 5 nitrogen and oxygen atoms in total. The van der Waals surface area contributed by atoms with Crippen LogP contribution in [0.1, 0.15) is 29.2 Å². The first kappa shape index (κ1) is 21.1. The van der Waals surface area contributed by atoms with E-state index in [4.69, 9.17) is 16.3 Å². The number of Topliss-reactive ketones (excluding diaryl/α,β-unsaturated/α-hetero) is 1. The molecule has 0 bridgehead atoms. The van der Waals surface area contributed by atoms with Crippen LogP contribution in [0.2, 0.25) is 5.02 Å². The summed E-state index contributed by atoms with van der Waals surface area (Å²) in [4.78, 5) is 12.4. The van der Waals surface area contributed by atoms with Gasteiger partial charge in [-0.3, -0.25) is 9.36 Å². The maximum atomic E-state index is 13.0. The van der Waals surface area contributed by atoms with Crippen LogP contribution in [0.5, 0.6) is 5.75 Å². The summed E-state index contributed by atoms with van der Waals surface area (Å²) in [7, 11) is 0. The van der Waals surface area contributed by atoms with Crippen molar-refractivity contribution in [1.82, 2.24) is 14.8 Å². The smallest absolute Gasteiger partial charge is 0.192 e. The molecule has 150 valence electrons. The van der Waals surface area contributed by atoms with Crippen LogP contribution in [0.3, 0.4) is 0 Å². The second-order valence-electron chi connectivity index (χ2n) is 6.15. The van der Waals surface area contributed by atoms with Gasteiger partial charge in [0.15, 0.2) is 22.9 Å². The molecular formula is C21H19ClFN3O2S. The van der Waals surface area contributed by atoms with Crippen LogP contribution in [0.4, 0.5) is 4.39 Å². The molecule has 0 fully saturated rings. The molecule has 1 unspecified atom stereocenters. The number of hydrogen-bond donors (Lipinski definition) is 0. The van der Waals surface area contributed by atoms with Crippen LogP contribution < -0.4 is 4.74 Å². The minimum atomic E-state index is -0.412. The second-order valence-corrected chi connectivity index (χ2v) is 7.50. The molecule has 8 heteroatoms. The number of ether oxygens (including phenoxy) is 1. The number of benzene rings is 2. The highest BCUT2D eigenvalue weighted by Crippen LogP contribution is 2.29. The quantitative estimate of drug-likeness (QED) is 0.259. The normalized spacial score (nSPS) is 11.8. The second kappa shape index (κ2) is 9.71. The van der Waals surface area contributed by atoms with Crippen molar-refractivity contribution in [2.45, 2.75) is 24.7 Å². The first-order valence-corrected chi connectivity index (χ1v) is 10.2. The lowest BCUT2D eigenvalue weighted by molar-refractivity contribution is 0.102. The van der Waals surface area contributed by atoms with Gasteiger partial charge >= 0.3 is 0 Å². The Balaban J connectivity index is 1.74. The van der Waals surface area contributed by atoms with Gasteiger partial charge in [-0.15, -0.1) is 16.8 Å². The summed E-state index contributed by atoms with van der Waals surface area (Å²) in [5, 5.41) is 9.52. The third-order valence-electron chi connectivity index (χ3n) is 4.06. The summed E-state index contributed by atoms with van der Waals surface area (Å²) in [5.41, 5.74) is 0.448. The molecular weight excluding hydrogens is 413 g/mol. The maximum Gasteiger partial charge on any atom is 0.192 e. The van der Waals surface area contributed by atoms with Gasteiger partial charge in [-0.05, 0) is 43.3 Å². The van der Waals surface area contributed by atoms with Crippen molar-refractivity contribution >= 4 is 29.1 Å². The third-order valence-corrected chi connectivity index (χ3v) is 5.34. The summed E-state index contributed by atoms with van der Waals surface area (Å²) in [6.45, 7) is 6.09. The Labute approximate surface area is 177 Å². The van der Waals surface area contributed by atoms with Gasteiger partial charge in [-0.25, -0.2) is 4.39 Å². The number of ketones is 1. The average molecular weight is 432 g/mol. The number of carbonyl (C=O) groups excluding carboxylic acids is 1. The Morgan fingerprint density at radius 2 is 2.00 bits per heavy atom. The lowest BCUT2D eigenvalue weighted by atomic mass is 10.1. The molecule has 0 aliphatic heterocycles. The molecule has 29 heavy (non-hydrogen) atoms. The first-order valence-electron chi connectivity index (χ1n) is 8.86. The molecule has 3 aromatic rings. The number of para-hydroxylation sites is 1. The van der Waals surface area contributed by atoms with E-state index in [1.807, 2.05) is 23.6 Å². The van der Waals surface area contributed by atoms with Crippen LogP contribution in [-0.4, -0.2) is 26.3 Å². The van der Waals surface area contributed by atoms with Gasteiger partial charge < -0.3 is 4.74 Å². The molecule has 0 N–H and O–H groups in total. The van der Waals surface area contributed by atoms with Gasteiger partial charge in [-0.2, -0.15) is 0 Å². The van der Waals surface area contributed by atoms with E-state index in [1.54, 1.807) is 18.2 Å². The van der Waals surface area contributed by atoms with E-state index in [9.17, 15) is 9.18 Å². The van der Waals surface area contributed by atoms with Crippen molar-refractivity contribution in [3.05, 3.63) is 83.4 Å². The van der Waals surface area contributed by atoms with E-state index in [2.05, 4.69) is 16.8 Å². The number of rotatable bonds is 9. The van der Waals surface area contributed by atoms with Gasteiger partial charge in [0.05, 0.1) is 10.8 Å². The standard InChI is InChI=1S/C21H19ClFN3O2S/c1-3-12-26-20(14(2)28-19-7-5-4-6-17(19)22)24-25-21(26)29-13-18(27)15-8-10-16(23)11-9-15/h3-11,14H,1,12-13H2,2H3. The fraction of sp³-hybridized carbons (Fsp3) is 0.190. The van der Waals surface area contributed by atoms with Gasteiger partial charge in [0.2, 0.25) is 0 Å². The number of thioether (sulfide) groups is 1. The van der Waals surface area contributed by atoms with E-state index >= 15 is 0 Å². The van der Waals surface area contributed by atoms with E-state index in [0.29, 0.717) is 33.9 Å². The van der Waals surface area contributed by atoms with E-state index in [1.165, 1.54) is 36.0 Å². The molecule has 0 saturated carbocycles. The molecule has 0 aliphatic rings. The molecule has 0 amide bonds. The summed E-state index contributed by atoms with van der Waals surface area (Å²) < 4.78 is 20.8. The van der Waals surface area contributed by atoms with Crippen molar-refractivity contribution in [3.63, 3.8) is 0 Å². The summed E-state index contributed by atoms with van der Waals surface area (Å²) in [6.07, 6.45) is 1.31. The lowest BCUT2D eigenvalue weighted by Crippen LogP contribution is -2.13. The Morgan fingerprint density at radius 3 is 2.69 bits per heavy atom. The summed E-state index contributed by atoms with van der Waals surface area (Å²) in [5.74, 6) is 0.805. The predicted octanol–water partition coefficient (Wildman–Crippen LogP) is 5.37. The zero-order valence-corrected chi connectivity index (χ0v) is 17.3. The Morgan fingerprint density at radius 1 is 1.28 bits per heavy atom. The molecule has 0 spiro atoms. The zero-order chi connectivity index (χ0) is 20.8. The van der Waals surface area contributed by atoms with Gasteiger partial charge in [0.25, 0.3) is 0 Å².